The van der Waals surface area contributed by atoms with Gasteiger partial charge in [0.05, 0.1) is 18.1 Å². The Bertz CT molecular complexity index is 331. The number of benzene rings is 1. The Hall–Kier alpha value is -0.680. The molecular weight excluding hydrogens is 256 g/mol. The van der Waals surface area contributed by atoms with Gasteiger partial charge < -0.3 is 10.5 Å². The van der Waals surface area contributed by atoms with Crippen LogP contribution in [0.5, 0.6) is 5.75 Å². The standard InChI is InChI=1S/C9H10BrF2NO/c1-14-7-4-2-3-6(8(7)10)9(11,12)5-13/h2-4H,5,13H2,1H3. The van der Waals surface area contributed by atoms with Gasteiger partial charge in [-0.05, 0) is 22.0 Å². The van der Waals surface area contributed by atoms with E-state index < -0.39 is 12.5 Å². The Kier molecular flexibility index (Phi) is 3.44. The van der Waals surface area contributed by atoms with Gasteiger partial charge in [-0.3, -0.25) is 0 Å². The molecule has 0 aliphatic heterocycles. The summed E-state index contributed by atoms with van der Waals surface area (Å²) in [6.45, 7) is -0.723. The van der Waals surface area contributed by atoms with Crippen LogP contribution in [-0.2, 0) is 5.92 Å². The van der Waals surface area contributed by atoms with E-state index in [0.717, 1.165) is 0 Å². The number of nitrogens with two attached hydrogens (primary N) is 1. The molecule has 0 amide bonds. The van der Waals surface area contributed by atoms with Gasteiger partial charge in [-0.15, -0.1) is 0 Å². The van der Waals surface area contributed by atoms with Crippen molar-refractivity contribution in [1.82, 2.24) is 0 Å². The first-order valence-corrected chi connectivity index (χ1v) is 4.73. The molecule has 1 aromatic rings. The van der Waals surface area contributed by atoms with Crippen molar-refractivity contribution in [3.05, 3.63) is 28.2 Å². The first kappa shape index (κ1) is 11.4. The largest absolute Gasteiger partial charge is 0.496 e. The lowest BCUT2D eigenvalue weighted by Gasteiger charge is -2.17. The summed E-state index contributed by atoms with van der Waals surface area (Å²) < 4.78 is 31.7. The van der Waals surface area contributed by atoms with Crippen molar-refractivity contribution >= 4 is 15.9 Å². The van der Waals surface area contributed by atoms with E-state index in [1.54, 1.807) is 6.07 Å². The molecule has 0 fully saturated rings. The Morgan fingerprint density at radius 3 is 2.64 bits per heavy atom. The summed E-state index contributed by atoms with van der Waals surface area (Å²) in [6, 6.07) is 4.42. The van der Waals surface area contributed by atoms with Gasteiger partial charge >= 0.3 is 0 Å². The van der Waals surface area contributed by atoms with E-state index in [4.69, 9.17) is 10.5 Å². The van der Waals surface area contributed by atoms with E-state index in [-0.39, 0.29) is 10.0 Å². The third kappa shape index (κ3) is 2.04. The molecule has 0 spiro atoms. The van der Waals surface area contributed by atoms with Crippen molar-refractivity contribution in [2.45, 2.75) is 5.92 Å². The second-order valence-electron chi connectivity index (χ2n) is 2.73. The monoisotopic (exact) mass is 265 g/mol. The van der Waals surface area contributed by atoms with Crippen molar-refractivity contribution in [2.75, 3.05) is 13.7 Å². The van der Waals surface area contributed by atoms with Crippen LogP contribution >= 0.6 is 15.9 Å². The second kappa shape index (κ2) is 4.23. The van der Waals surface area contributed by atoms with E-state index in [1.165, 1.54) is 19.2 Å². The summed E-state index contributed by atoms with van der Waals surface area (Å²) in [5.74, 6) is -2.66. The fraction of sp³-hybridized carbons (Fsp3) is 0.333. The summed E-state index contributed by atoms with van der Waals surface area (Å²) in [5, 5.41) is 0. The van der Waals surface area contributed by atoms with E-state index in [9.17, 15) is 8.78 Å². The molecule has 1 aromatic carbocycles. The van der Waals surface area contributed by atoms with Crippen molar-refractivity contribution in [1.29, 1.82) is 0 Å². The molecule has 0 atom stereocenters. The minimum absolute atomic E-state index is 0.153. The predicted molar refractivity (Wildman–Crippen MR) is 53.6 cm³/mol. The summed E-state index contributed by atoms with van der Waals surface area (Å²) >= 11 is 3.06. The molecule has 0 radical (unpaired) electrons. The first-order chi connectivity index (χ1) is 6.53. The third-order valence-corrected chi connectivity index (χ3v) is 2.65. The minimum Gasteiger partial charge on any atom is -0.496 e. The molecule has 0 saturated carbocycles. The second-order valence-corrected chi connectivity index (χ2v) is 3.52. The Morgan fingerprint density at radius 2 is 2.14 bits per heavy atom. The van der Waals surface area contributed by atoms with Crippen LogP contribution in [0, 0.1) is 0 Å². The van der Waals surface area contributed by atoms with Gasteiger partial charge in [-0.25, -0.2) is 0 Å². The van der Waals surface area contributed by atoms with Crippen molar-refractivity contribution in [3.63, 3.8) is 0 Å². The molecule has 78 valence electrons. The number of hydrogen-bond donors (Lipinski definition) is 1. The highest BCUT2D eigenvalue weighted by Crippen LogP contribution is 2.37. The number of alkyl halides is 2. The van der Waals surface area contributed by atoms with Gasteiger partial charge in [0, 0.05) is 5.56 Å². The van der Waals surface area contributed by atoms with Crippen LogP contribution in [0.1, 0.15) is 5.56 Å². The molecule has 0 bridgehead atoms. The fourth-order valence-corrected chi connectivity index (χ4v) is 1.78. The molecule has 2 N–H and O–H groups in total. The smallest absolute Gasteiger partial charge is 0.286 e. The SMILES string of the molecule is COc1cccc(C(F)(F)CN)c1Br. The van der Waals surface area contributed by atoms with E-state index >= 15 is 0 Å². The van der Waals surface area contributed by atoms with Gasteiger partial charge in [-0.2, -0.15) is 8.78 Å². The van der Waals surface area contributed by atoms with Gasteiger partial charge in [0.2, 0.25) is 0 Å². The zero-order chi connectivity index (χ0) is 10.8. The van der Waals surface area contributed by atoms with Crippen LogP contribution in [0.15, 0.2) is 22.7 Å². The van der Waals surface area contributed by atoms with Crippen molar-refractivity contribution in [2.24, 2.45) is 5.73 Å². The lowest BCUT2D eigenvalue weighted by molar-refractivity contribution is 0.00497. The molecule has 1 rings (SSSR count). The molecule has 14 heavy (non-hydrogen) atoms. The number of rotatable bonds is 3. The third-order valence-electron chi connectivity index (χ3n) is 1.83. The van der Waals surface area contributed by atoms with Crippen LogP contribution < -0.4 is 10.5 Å². The number of halogens is 3. The zero-order valence-electron chi connectivity index (χ0n) is 7.56. The Balaban J connectivity index is 3.22. The molecule has 0 aromatic heterocycles. The summed E-state index contributed by atoms with van der Waals surface area (Å²) in [6.07, 6.45) is 0. The molecule has 0 unspecified atom stereocenters. The lowest BCUT2D eigenvalue weighted by atomic mass is 10.1. The molecule has 2 nitrogen and oxygen atoms in total. The molecule has 5 heteroatoms. The van der Waals surface area contributed by atoms with Gasteiger partial charge in [0.1, 0.15) is 5.75 Å². The Labute approximate surface area is 89.2 Å². The summed E-state index contributed by atoms with van der Waals surface area (Å²) in [7, 11) is 1.42. The number of ether oxygens (including phenoxy) is 1. The van der Waals surface area contributed by atoms with E-state index in [0.29, 0.717) is 5.75 Å². The maximum Gasteiger partial charge on any atom is 0.286 e. The topological polar surface area (TPSA) is 35.2 Å². The molecule has 0 aliphatic carbocycles. The highest BCUT2D eigenvalue weighted by Gasteiger charge is 2.32. The average molecular weight is 266 g/mol. The van der Waals surface area contributed by atoms with E-state index in [1.807, 2.05) is 0 Å². The van der Waals surface area contributed by atoms with Gasteiger partial charge in [-0.1, -0.05) is 12.1 Å². The quantitative estimate of drug-likeness (QED) is 0.912. The predicted octanol–water partition coefficient (Wildman–Crippen LogP) is 2.51. The van der Waals surface area contributed by atoms with Crippen molar-refractivity contribution in [3.8, 4) is 5.75 Å². The number of methoxy groups -OCH3 is 1. The van der Waals surface area contributed by atoms with Crippen molar-refractivity contribution < 1.29 is 13.5 Å². The van der Waals surface area contributed by atoms with Gasteiger partial charge in [0.15, 0.2) is 0 Å². The van der Waals surface area contributed by atoms with Crippen LogP contribution in [0.2, 0.25) is 0 Å². The normalized spacial score (nSPS) is 11.5. The maximum atomic E-state index is 13.3. The highest BCUT2D eigenvalue weighted by atomic mass is 79.9. The molecule has 0 heterocycles. The average Bonchev–Trinajstić information content (AvgIpc) is 2.18. The summed E-state index contributed by atoms with van der Waals surface area (Å²) in [4.78, 5) is 0. The first-order valence-electron chi connectivity index (χ1n) is 3.94. The lowest BCUT2D eigenvalue weighted by Crippen LogP contribution is -2.25. The molecule has 0 saturated heterocycles. The maximum absolute atomic E-state index is 13.3. The highest BCUT2D eigenvalue weighted by molar-refractivity contribution is 9.10. The summed E-state index contributed by atoms with van der Waals surface area (Å²) in [5.41, 5.74) is 4.83. The van der Waals surface area contributed by atoms with Crippen LogP contribution in [0.25, 0.3) is 0 Å². The molecular formula is C9H10BrF2NO. The molecule has 0 aliphatic rings. The Morgan fingerprint density at radius 1 is 1.50 bits per heavy atom. The number of hydrogen-bond acceptors (Lipinski definition) is 2. The fourth-order valence-electron chi connectivity index (χ4n) is 1.06. The van der Waals surface area contributed by atoms with Crippen LogP contribution in [0.3, 0.4) is 0 Å². The van der Waals surface area contributed by atoms with Crippen LogP contribution in [0.4, 0.5) is 8.78 Å². The van der Waals surface area contributed by atoms with E-state index in [2.05, 4.69) is 15.9 Å². The van der Waals surface area contributed by atoms with Crippen LogP contribution in [-0.4, -0.2) is 13.7 Å². The van der Waals surface area contributed by atoms with Gasteiger partial charge in [0.25, 0.3) is 5.92 Å². The zero-order valence-corrected chi connectivity index (χ0v) is 9.14. The minimum atomic E-state index is -3.03.